The lowest BCUT2D eigenvalue weighted by Gasteiger charge is -2.59. The first-order valence-corrected chi connectivity index (χ1v) is 14.4. The first-order valence-electron chi connectivity index (χ1n) is 14.4. The minimum absolute atomic E-state index is 0.444. The molecule has 0 N–H and O–H groups in total. The van der Waals surface area contributed by atoms with Crippen LogP contribution in [0.3, 0.4) is 0 Å². The molecule has 186 valence electrons. The van der Waals surface area contributed by atoms with Gasteiger partial charge in [0.1, 0.15) is 0 Å². The van der Waals surface area contributed by atoms with Gasteiger partial charge in [0.2, 0.25) is 0 Å². The molecular weight excluding hydrogens is 428 g/mol. The number of aromatic nitrogens is 1. The Balaban J connectivity index is 1.14. The highest BCUT2D eigenvalue weighted by Crippen LogP contribution is 2.68. The molecule has 3 heteroatoms. The van der Waals surface area contributed by atoms with Crippen molar-refractivity contribution in [2.45, 2.75) is 77.2 Å². The largest absolute Gasteiger partial charge is 0.379 e. The summed E-state index contributed by atoms with van der Waals surface area (Å²) < 4.78 is 5.64. The van der Waals surface area contributed by atoms with Crippen molar-refractivity contribution in [1.82, 2.24) is 9.88 Å². The van der Waals surface area contributed by atoms with E-state index < -0.39 is 0 Å². The molecule has 2 aromatic rings. The van der Waals surface area contributed by atoms with Crippen molar-refractivity contribution < 1.29 is 4.74 Å². The molecule has 4 fully saturated rings. The summed E-state index contributed by atoms with van der Waals surface area (Å²) in [7, 11) is 0. The lowest BCUT2D eigenvalue weighted by Crippen LogP contribution is -2.52. The first-order chi connectivity index (χ1) is 17.1. The monoisotopic (exact) mass is 470 g/mol. The smallest absolute Gasteiger partial charge is 0.0594 e. The van der Waals surface area contributed by atoms with Gasteiger partial charge in [-0.1, -0.05) is 37.6 Å². The lowest BCUT2D eigenvalue weighted by molar-refractivity contribution is -0.0442. The molecule has 1 aliphatic heterocycles. The van der Waals surface area contributed by atoms with Crippen molar-refractivity contribution in [3.8, 4) is 0 Å². The molecule has 0 unspecified atom stereocenters. The number of hydrogen-bond donors (Lipinski definition) is 0. The van der Waals surface area contributed by atoms with Crippen LogP contribution in [0.4, 0.5) is 0 Å². The molecular formula is C32H42N2O. The van der Waals surface area contributed by atoms with Crippen molar-refractivity contribution in [3.63, 3.8) is 0 Å². The normalized spacial score (nSPS) is 41.7. The van der Waals surface area contributed by atoms with Crippen LogP contribution in [0.2, 0.25) is 0 Å². The van der Waals surface area contributed by atoms with Gasteiger partial charge >= 0.3 is 0 Å². The summed E-state index contributed by atoms with van der Waals surface area (Å²) >= 11 is 0. The molecule has 1 aromatic carbocycles. The number of allylic oxidation sites excluding steroid dienone is 1. The first kappa shape index (κ1) is 22.5. The average Bonchev–Trinajstić information content (AvgIpc) is 3.25. The van der Waals surface area contributed by atoms with Crippen LogP contribution in [0.25, 0.3) is 10.8 Å². The number of fused-ring (bicyclic) bond motifs is 6. The molecule has 2 heterocycles. The zero-order chi connectivity index (χ0) is 23.6. The van der Waals surface area contributed by atoms with Gasteiger partial charge in [0.15, 0.2) is 0 Å². The lowest BCUT2D eigenvalue weighted by atomic mass is 9.47. The van der Waals surface area contributed by atoms with Crippen LogP contribution in [0, 0.1) is 28.6 Å². The number of benzene rings is 1. The Hall–Kier alpha value is -1.71. The van der Waals surface area contributed by atoms with Crippen LogP contribution in [0.1, 0.15) is 76.7 Å². The highest BCUT2D eigenvalue weighted by Gasteiger charge is 2.58. The maximum absolute atomic E-state index is 5.64. The number of morpholine rings is 1. The van der Waals surface area contributed by atoms with Crippen molar-refractivity contribution in [2.24, 2.45) is 28.6 Å². The predicted octanol–water partition coefficient (Wildman–Crippen LogP) is 6.98. The number of rotatable bonds is 2. The summed E-state index contributed by atoms with van der Waals surface area (Å²) in [5, 5.41) is 2.62. The summed E-state index contributed by atoms with van der Waals surface area (Å²) in [6.45, 7) is 9.44. The van der Waals surface area contributed by atoms with E-state index in [0.717, 1.165) is 50.1 Å². The second-order valence-corrected chi connectivity index (χ2v) is 13.0. The molecule has 35 heavy (non-hydrogen) atoms. The molecule has 3 nitrogen and oxygen atoms in total. The van der Waals surface area contributed by atoms with E-state index in [1.807, 2.05) is 18.0 Å². The molecule has 0 spiro atoms. The SMILES string of the molecule is C[C@]12CC[C@H]3[C@@H](CC=C4C[C@@H](N5CCOCC5)CC[C@@]43C)[C@@H]1CC[C@@H]2c1ccc2ccncc2c1. The Morgan fingerprint density at radius 2 is 1.83 bits per heavy atom. The molecule has 3 saturated carbocycles. The average molecular weight is 471 g/mol. The second-order valence-electron chi connectivity index (χ2n) is 13.0. The van der Waals surface area contributed by atoms with Gasteiger partial charge in [0, 0.05) is 36.9 Å². The third-order valence-electron chi connectivity index (χ3n) is 11.7. The van der Waals surface area contributed by atoms with E-state index in [9.17, 15) is 0 Å². The fourth-order valence-electron chi connectivity index (χ4n) is 9.76. The third-order valence-corrected chi connectivity index (χ3v) is 11.7. The van der Waals surface area contributed by atoms with Crippen molar-refractivity contribution in [1.29, 1.82) is 0 Å². The Labute approximate surface area is 211 Å². The molecule has 0 amide bonds. The van der Waals surface area contributed by atoms with Crippen LogP contribution < -0.4 is 0 Å². The maximum Gasteiger partial charge on any atom is 0.0594 e. The number of ether oxygens (including phenoxy) is 1. The maximum atomic E-state index is 5.64. The topological polar surface area (TPSA) is 25.4 Å². The van der Waals surface area contributed by atoms with E-state index in [2.05, 4.69) is 54.1 Å². The minimum atomic E-state index is 0.444. The molecule has 5 aliphatic rings. The van der Waals surface area contributed by atoms with Gasteiger partial charge in [0.25, 0.3) is 0 Å². The molecule has 0 bridgehead atoms. The second kappa shape index (κ2) is 8.42. The van der Waals surface area contributed by atoms with Gasteiger partial charge in [-0.3, -0.25) is 9.88 Å². The van der Waals surface area contributed by atoms with Gasteiger partial charge in [-0.2, -0.15) is 0 Å². The van der Waals surface area contributed by atoms with Gasteiger partial charge < -0.3 is 4.74 Å². The van der Waals surface area contributed by atoms with Gasteiger partial charge in [-0.25, -0.2) is 0 Å². The standard InChI is InChI=1S/C32H42N2O/c1-31-12-9-26(34-15-17-35-18-16-34)20-25(31)5-6-27-29-8-7-28(32(29,2)13-10-30(27)31)23-4-3-22-11-14-33-21-24(22)19-23/h3-5,11,14,19,21,26-30H,6-10,12-13,15-18,20H2,1-2H3/t26-,27-,28+,29-,30-,31-,32+/m0/s1. The minimum Gasteiger partial charge on any atom is -0.379 e. The van der Waals surface area contributed by atoms with Gasteiger partial charge in [-0.05, 0) is 109 Å². The highest BCUT2D eigenvalue weighted by molar-refractivity contribution is 5.82. The van der Waals surface area contributed by atoms with E-state index in [4.69, 9.17) is 4.74 Å². The summed E-state index contributed by atoms with van der Waals surface area (Å²) in [5.41, 5.74) is 4.28. The van der Waals surface area contributed by atoms with Crippen molar-refractivity contribution in [2.75, 3.05) is 26.3 Å². The number of hydrogen-bond acceptors (Lipinski definition) is 3. The van der Waals surface area contributed by atoms with Gasteiger partial charge in [0.05, 0.1) is 13.2 Å². The summed E-state index contributed by atoms with van der Waals surface area (Å²) in [4.78, 5) is 7.13. The van der Waals surface area contributed by atoms with Crippen molar-refractivity contribution in [3.05, 3.63) is 53.9 Å². The van der Waals surface area contributed by atoms with Crippen LogP contribution in [-0.4, -0.2) is 42.2 Å². The Kier molecular flexibility index (Phi) is 5.41. The molecule has 4 aliphatic carbocycles. The molecule has 1 saturated heterocycles. The fourth-order valence-corrected chi connectivity index (χ4v) is 9.76. The van der Waals surface area contributed by atoms with E-state index in [-0.39, 0.29) is 0 Å². The van der Waals surface area contributed by atoms with E-state index in [0.29, 0.717) is 16.7 Å². The molecule has 0 radical (unpaired) electrons. The summed E-state index contributed by atoms with van der Waals surface area (Å²) in [5.74, 6) is 3.36. The number of nitrogens with zero attached hydrogens (tertiary/aromatic N) is 2. The Morgan fingerprint density at radius 1 is 0.943 bits per heavy atom. The Bertz CT molecular complexity index is 1140. The summed E-state index contributed by atoms with van der Waals surface area (Å²) in [6, 6.07) is 10.1. The third kappa shape index (κ3) is 3.48. The highest BCUT2D eigenvalue weighted by atomic mass is 16.5. The van der Waals surface area contributed by atoms with E-state index in [1.165, 1.54) is 62.1 Å². The van der Waals surface area contributed by atoms with E-state index >= 15 is 0 Å². The number of pyridine rings is 1. The quantitative estimate of drug-likeness (QED) is 0.443. The van der Waals surface area contributed by atoms with Crippen LogP contribution in [-0.2, 0) is 4.74 Å². The van der Waals surface area contributed by atoms with Gasteiger partial charge in [-0.15, -0.1) is 0 Å². The predicted molar refractivity (Wildman–Crippen MR) is 142 cm³/mol. The Morgan fingerprint density at radius 3 is 2.71 bits per heavy atom. The van der Waals surface area contributed by atoms with Crippen LogP contribution in [0.15, 0.2) is 48.3 Å². The zero-order valence-electron chi connectivity index (χ0n) is 21.7. The fraction of sp³-hybridized carbons (Fsp3) is 0.656. The van der Waals surface area contributed by atoms with Crippen molar-refractivity contribution >= 4 is 10.8 Å². The molecule has 1 aromatic heterocycles. The molecule has 7 rings (SSSR count). The summed E-state index contributed by atoms with van der Waals surface area (Å²) in [6.07, 6.45) is 17.8. The molecule has 7 atom stereocenters. The van der Waals surface area contributed by atoms with Crippen LogP contribution >= 0.6 is 0 Å². The van der Waals surface area contributed by atoms with Crippen LogP contribution in [0.5, 0.6) is 0 Å². The van der Waals surface area contributed by atoms with E-state index in [1.54, 1.807) is 5.56 Å². The zero-order valence-corrected chi connectivity index (χ0v) is 21.7.